The van der Waals surface area contributed by atoms with Gasteiger partial charge in [0.1, 0.15) is 0 Å². The lowest BCUT2D eigenvalue weighted by atomic mass is 10.4. The number of carbonyl (C=O) groups excluding carboxylic acids is 1. The van der Waals surface area contributed by atoms with Crippen LogP contribution in [-0.2, 0) is 4.74 Å². The Morgan fingerprint density at radius 2 is 2.35 bits per heavy atom. The number of hydrogen-bond donors (Lipinski definition) is 2. The second-order valence-electron chi connectivity index (χ2n) is 4.09. The average Bonchev–Trinajstić information content (AvgIpc) is 2.93. The van der Waals surface area contributed by atoms with Crippen LogP contribution in [0, 0.1) is 0 Å². The number of ether oxygens (including phenoxy) is 1. The summed E-state index contributed by atoms with van der Waals surface area (Å²) in [5.41, 5.74) is 0.611. The molecule has 0 aliphatic carbocycles. The number of urea groups is 1. The van der Waals surface area contributed by atoms with Gasteiger partial charge in [0.2, 0.25) is 0 Å². The van der Waals surface area contributed by atoms with E-state index in [-0.39, 0.29) is 6.03 Å². The molecule has 0 unspecified atom stereocenters. The molecule has 7 nitrogen and oxygen atoms in total. The lowest BCUT2D eigenvalue weighted by molar-refractivity contribution is 0.194. The van der Waals surface area contributed by atoms with Gasteiger partial charge < -0.3 is 15.4 Å². The van der Waals surface area contributed by atoms with Crippen LogP contribution in [0.4, 0.5) is 10.5 Å². The zero-order chi connectivity index (χ0) is 14.2. The first-order chi connectivity index (χ1) is 9.79. The van der Waals surface area contributed by atoms with Gasteiger partial charge in [-0.1, -0.05) is 6.07 Å². The second kappa shape index (κ2) is 7.25. The van der Waals surface area contributed by atoms with Crippen molar-refractivity contribution in [2.24, 2.45) is 0 Å². The molecule has 0 bridgehead atoms. The molecule has 0 saturated heterocycles. The highest BCUT2D eigenvalue weighted by atomic mass is 16.5. The summed E-state index contributed by atoms with van der Waals surface area (Å²) in [6.45, 7) is 1.19. The Kier molecular flexibility index (Phi) is 5.08. The molecule has 7 heteroatoms. The fourth-order valence-electron chi connectivity index (χ4n) is 1.60. The maximum atomic E-state index is 11.6. The molecule has 0 atom stereocenters. The fourth-order valence-corrected chi connectivity index (χ4v) is 1.60. The maximum Gasteiger partial charge on any atom is 0.319 e. The van der Waals surface area contributed by atoms with Gasteiger partial charge in [0.05, 0.1) is 18.1 Å². The molecule has 2 heterocycles. The molecule has 0 saturated carbocycles. The lowest BCUT2D eigenvalue weighted by Crippen LogP contribution is -2.29. The van der Waals surface area contributed by atoms with Crippen molar-refractivity contribution in [2.75, 3.05) is 25.6 Å². The van der Waals surface area contributed by atoms with Crippen LogP contribution in [0.15, 0.2) is 36.8 Å². The first-order valence-corrected chi connectivity index (χ1v) is 6.29. The molecule has 0 fully saturated rings. The largest absolute Gasteiger partial charge is 0.385 e. The van der Waals surface area contributed by atoms with Crippen LogP contribution >= 0.6 is 0 Å². The molecule has 0 radical (unpaired) electrons. The van der Waals surface area contributed by atoms with E-state index in [0.717, 1.165) is 6.42 Å². The Labute approximate surface area is 117 Å². The number of pyridine rings is 1. The van der Waals surface area contributed by atoms with Crippen LogP contribution in [0.5, 0.6) is 0 Å². The van der Waals surface area contributed by atoms with Crippen molar-refractivity contribution in [3.63, 3.8) is 0 Å². The molecular formula is C13H17N5O2. The first-order valence-electron chi connectivity index (χ1n) is 6.29. The van der Waals surface area contributed by atoms with Crippen molar-refractivity contribution in [2.45, 2.75) is 6.42 Å². The first kappa shape index (κ1) is 14.0. The van der Waals surface area contributed by atoms with E-state index in [1.54, 1.807) is 30.4 Å². The lowest BCUT2D eigenvalue weighted by Gasteiger charge is -2.05. The average molecular weight is 275 g/mol. The normalized spacial score (nSPS) is 10.2. The molecule has 2 amide bonds. The van der Waals surface area contributed by atoms with Gasteiger partial charge in [0.15, 0.2) is 5.82 Å². The van der Waals surface area contributed by atoms with Crippen LogP contribution in [0.1, 0.15) is 6.42 Å². The summed E-state index contributed by atoms with van der Waals surface area (Å²) in [6.07, 6.45) is 5.74. The molecule has 2 aromatic heterocycles. The van der Waals surface area contributed by atoms with Crippen LogP contribution in [0.3, 0.4) is 0 Å². The summed E-state index contributed by atoms with van der Waals surface area (Å²) >= 11 is 0. The highest BCUT2D eigenvalue weighted by Crippen LogP contribution is 2.08. The van der Waals surface area contributed by atoms with Gasteiger partial charge >= 0.3 is 6.03 Å². The summed E-state index contributed by atoms with van der Waals surface area (Å²) < 4.78 is 6.50. The van der Waals surface area contributed by atoms with E-state index in [2.05, 4.69) is 20.7 Å². The minimum atomic E-state index is -0.262. The minimum Gasteiger partial charge on any atom is -0.385 e. The summed E-state index contributed by atoms with van der Waals surface area (Å²) in [7, 11) is 1.63. The SMILES string of the molecule is COCCCNC(=O)Nc1cnn(-c2ccccn2)c1. The highest BCUT2D eigenvalue weighted by molar-refractivity contribution is 5.88. The van der Waals surface area contributed by atoms with Crippen molar-refractivity contribution < 1.29 is 9.53 Å². The molecule has 0 spiro atoms. The van der Waals surface area contributed by atoms with Gasteiger partial charge in [0.25, 0.3) is 0 Å². The van der Waals surface area contributed by atoms with E-state index in [9.17, 15) is 4.79 Å². The van der Waals surface area contributed by atoms with Crippen molar-refractivity contribution >= 4 is 11.7 Å². The van der Waals surface area contributed by atoms with E-state index in [4.69, 9.17) is 4.74 Å². The van der Waals surface area contributed by atoms with Gasteiger partial charge in [-0.2, -0.15) is 5.10 Å². The van der Waals surface area contributed by atoms with Crippen molar-refractivity contribution in [1.82, 2.24) is 20.1 Å². The number of rotatable bonds is 6. The molecule has 2 rings (SSSR count). The molecule has 2 aromatic rings. The van der Waals surface area contributed by atoms with Crippen LogP contribution in [0.25, 0.3) is 5.82 Å². The monoisotopic (exact) mass is 275 g/mol. The summed E-state index contributed by atoms with van der Waals surface area (Å²) in [4.78, 5) is 15.8. The Morgan fingerprint density at radius 3 is 3.10 bits per heavy atom. The molecule has 2 N–H and O–H groups in total. The van der Waals surface area contributed by atoms with Gasteiger partial charge in [-0.25, -0.2) is 14.5 Å². The van der Waals surface area contributed by atoms with E-state index in [0.29, 0.717) is 24.7 Å². The quantitative estimate of drug-likeness (QED) is 0.781. The van der Waals surface area contributed by atoms with E-state index < -0.39 is 0 Å². The van der Waals surface area contributed by atoms with Gasteiger partial charge in [-0.05, 0) is 18.6 Å². The van der Waals surface area contributed by atoms with E-state index in [1.807, 2.05) is 18.2 Å². The number of carbonyl (C=O) groups is 1. The third-order valence-corrected chi connectivity index (χ3v) is 2.54. The van der Waals surface area contributed by atoms with Gasteiger partial charge in [-0.15, -0.1) is 0 Å². The molecule has 20 heavy (non-hydrogen) atoms. The van der Waals surface area contributed by atoms with Crippen LogP contribution in [-0.4, -0.2) is 41.1 Å². The zero-order valence-corrected chi connectivity index (χ0v) is 11.2. The number of amides is 2. The molecule has 0 aliphatic heterocycles. The number of hydrogen-bond acceptors (Lipinski definition) is 4. The Bertz CT molecular complexity index is 541. The number of anilines is 1. The number of nitrogens with zero attached hydrogens (tertiary/aromatic N) is 3. The zero-order valence-electron chi connectivity index (χ0n) is 11.2. The smallest absolute Gasteiger partial charge is 0.319 e. The minimum absolute atomic E-state index is 0.262. The van der Waals surface area contributed by atoms with Crippen molar-refractivity contribution in [1.29, 1.82) is 0 Å². The summed E-state index contributed by atoms with van der Waals surface area (Å²) in [6, 6.07) is 5.28. The van der Waals surface area contributed by atoms with Gasteiger partial charge in [0, 0.05) is 26.5 Å². The topological polar surface area (TPSA) is 81.1 Å². The highest BCUT2D eigenvalue weighted by Gasteiger charge is 2.05. The van der Waals surface area contributed by atoms with E-state index >= 15 is 0 Å². The number of methoxy groups -OCH3 is 1. The Balaban J connectivity index is 1.85. The fraction of sp³-hybridized carbons (Fsp3) is 0.308. The number of nitrogens with one attached hydrogen (secondary N) is 2. The summed E-state index contributed by atoms with van der Waals surface area (Å²) in [5, 5.41) is 9.58. The standard InChI is InChI=1S/C13H17N5O2/c1-20-8-4-7-15-13(19)17-11-9-16-18(10-11)12-5-2-3-6-14-12/h2-3,5-6,9-10H,4,7-8H2,1H3,(H2,15,17,19). The van der Waals surface area contributed by atoms with Crippen LogP contribution < -0.4 is 10.6 Å². The Hall–Kier alpha value is -2.41. The van der Waals surface area contributed by atoms with Crippen LogP contribution in [0.2, 0.25) is 0 Å². The van der Waals surface area contributed by atoms with Crippen molar-refractivity contribution in [3.8, 4) is 5.82 Å². The third-order valence-electron chi connectivity index (χ3n) is 2.54. The van der Waals surface area contributed by atoms with Gasteiger partial charge in [-0.3, -0.25) is 0 Å². The Morgan fingerprint density at radius 1 is 1.45 bits per heavy atom. The molecule has 0 aromatic carbocycles. The number of aromatic nitrogens is 3. The maximum absolute atomic E-state index is 11.6. The van der Waals surface area contributed by atoms with Crippen molar-refractivity contribution in [3.05, 3.63) is 36.8 Å². The third kappa shape index (κ3) is 4.06. The predicted molar refractivity (Wildman–Crippen MR) is 74.9 cm³/mol. The molecule has 0 aliphatic rings. The molecular weight excluding hydrogens is 258 g/mol. The van der Waals surface area contributed by atoms with E-state index in [1.165, 1.54) is 0 Å². The second-order valence-corrected chi connectivity index (χ2v) is 4.09. The predicted octanol–water partition coefficient (Wildman–Crippen LogP) is 1.43. The molecule has 106 valence electrons. The summed E-state index contributed by atoms with van der Waals surface area (Å²) in [5.74, 6) is 0.695.